The molecule has 0 spiro atoms. The SMILES string of the molecule is CCNCc1cccc(N2CCCCC2CC)n1. The van der Waals surface area contributed by atoms with Crippen LogP contribution < -0.4 is 10.2 Å². The Morgan fingerprint density at radius 1 is 1.33 bits per heavy atom. The molecule has 1 aromatic heterocycles. The summed E-state index contributed by atoms with van der Waals surface area (Å²) < 4.78 is 0. The predicted octanol–water partition coefficient (Wildman–Crippen LogP) is 2.96. The van der Waals surface area contributed by atoms with Crippen molar-refractivity contribution in [2.75, 3.05) is 18.0 Å². The predicted molar refractivity (Wildman–Crippen MR) is 76.9 cm³/mol. The summed E-state index contributed by atoms with van der Waals surface area (Å²) in [7, 11) is 0. The van der Waals surface area contributed by atoms with Crippen molar-refractivity contribution in [2.24, 2.45) is 0 Å². The lowest BCUT2D eigenvalue weighted by Crippen LogP contribution is -2.39. The highest BCUT2D eigenvalue weighted by molar-refractivity contribution is 5.41. The topological polar surface area (TPSA) is 28.2 Å². The van der Waals surface area contributed by atoms with Crippen molar-refractivity contribution in [2.45, 2.75) is 52.1 Å². The van der Waals surface area contributed by atoms with E-state index in [0.717, 1.165) is 31.1 Å². The number of aromatic nitrogens is 1. The first-order chi connectivity index (χ1) is 8.85. The molecule has 18 heavy (non-hydrogen) atoms. The molecule has 1 aliphatic heterocycles. The van der Waals surface area contributed by atoms with Gasteiger partial charge in [0.15, 0.2) is 0 Å². The van der Waals surface area contributed by atoms with Gasteiger partial charge in [-0.2, -0.15) is 0 Å². The van der Waals surface area contributed by atoms with Crippen LogP contribution in [0.5, 0.6) is 0 Å². The average Bonchev–Trinajstić information content (AvgIpc) is 2.45. The van der Waals surface area contributed by atoms with Crippen molar-refractivity contribution in [1.29, 1.82) is 0 Å². The molecule has 3 nitrogen and oxygen atoms in total. The molecule has 2 heterocycles. The summed E-state index contributed by atoms with van der Waals surface area (Å²) in [5.74, 6) is 1.16. The molecule has 0 bridgehead atoms. The molecule has 100 valence electrons. The zero-order valence-electron chi connectivity index (χ0n) is 11.7. The minimum Gasteiger partial charge on any atom is -0.354 e. The van der Waals surface area contributed by atoms with Crippen LogP contribution in [0.2, 0.25) is 0 Å². The summed E-state index contributed by atoms with van der Waals surface area (Å²) in [6, 6.07) is 7.08. The van der Waals surface area contributed by atoms with Crippen molar-refractivity contribution >= 4 is 5.82 Å². The molecule has 2 rings (SSSR count). The van der Waals surface area contributed by atoms with Gasteiger partial charge < -0.3 is 10.2 Å². The Hall–Kier alpha value is -1.09. The molecule has 0 saturated carbocycles. The number of nitrogens with one attached hydrogen (secondary N) is 1. The molecule has 0 aromatic carbocycles. The van der Waals surface area contributed by atoms with E-state index in [-0.39, 0.29) is 0 Å². The molecule has 0 aliphatic carbocycles. The molecule has 0 amide bonds. The molecule has 1 atom stereocenters. The van der Waals surface area contributed by atoms with E-state index in [4.69, 9.17) is 4.98 Å². The maximum absolute atomic E-state index is 4.80. The van der Waals surface area contributed by atoms with E-state index in [1.807, 2.05) is 0 Å². The molecule has 0 radical (unpaired) electrons. The van der Waals surface area contributed by atoms with Gasteiger partial charge in [0, 0.05) is 19.1 Å². The summed E-state index contributed by atoms with van der Waals surface area (Å²) in [6.07, 6.45) is 5.20. The second kappa shape index (κ2) is 6.74. The third kappa shape index (κ3) is 3.22. The Balaban J connectivity index is 2.10. The summed E-state index contributed by atoms with van der Waals surface area (Å²) in [6.45, 7) is 7.44. The van der Waals surface area contributed by atoms with Crippen molar-refractivity contribution in [3.63, 3.8) is 0 Å². The number of rotatable bonds is 5. The Bertz CT molecular complexity index is 365. The van der Waals surface area contributed by atoms with Gasteiger partial charge in [0.05, 0.1) is 5.69 Å². The largest absolute Gasteiger partial charge is 0.354 e. The number of anilines is 1. The number of nitrogens with zero attached hydrogens (tertiary/aromatic N) is 2. The van der Waals surface area contributed by atoms with Gasteiger partial charge in [-0.1, -0.05) is 19.9 Å². The first-order valence-corrected chi connectivity index (χ1v) is 7.28. The molecule has 1 aromatic rings. The molecule has 3 heteroatoms. The minimum absolute atomic E-state index is 0.681. The highest BCUT2D eigenvalue weighted by Crippen LogP contribution is 2.24. The van der Waals surface area contributed by atoms with Crippen molar-refractivity contribution < 1.29 is 0 Å². The molecule has 1 fully saturated rings. The van der Waals surface area contributed by atoms with Gasteiger partial charge in [-0.05, 0) is 44.4 Å². The first-order valence-electron chi connectivity index (χ1n) is 7.28. The molecule has 1 aliphatic rings. The Labute approximate surface area is 111 Å². The zero-order valence-corrected chi connectivity index (χ0v) is 11.7. The van der Waals surface area contributed by atoms with E-state index in [0.29, 0.717) is 6.04 Å². The third-order valence-corrected chi connectivity index (χ3v) is 3.74. The van der Waals surface area contributed by atoms with Crippen molar-refractivity contribution in [3.05, 3.63) is 23.9 Å². The van der Waals surface area contributed by atoms with Crippen molar-refractivity contribution in [3.8, 4) is 0 Å². The standard InChI is InChI=1S/C15H25N3/c1-3-14-9-5-6-11-18(14)15-10-7-8-13(17-15)12-16-4-2/h7-8,10,14,16H,3-6,9,11-12H2,1-2H3. The van der Waals surface area contributed by atoms with Crippen molar-refractivity contribution in [1.82, 2.24) is 10.3 Å². The van der Waals surface area contributed by atoms with Crippen LogP contribution >= 0.6 is 0 Å². The highest BCUT2D eigenvalue weighted by atomic mass is 15.2. The Morgan fingerprint density at radius 3 is 3.00 bits per heavy atom. The Morgan fingerprint density at radius 2 is 2.22 bits per heavy atom. The smallest absolute Gasteiger partial charge is 0.129 e. The van der Waals surface area contributed by atoms with E-state index < -0.39 is 0 Å². The van der Waals surface area contributed by atoms with Crippen LogP contribution in [0.15, 0.2) is 18.2 Å². The average molecular weight is 247 g/mol. The molecular formula is C15H25N3. The maximum atomic E-state index is 4.80. The van der Waals surface area contributed by atoms with E-state index in [2.05, 4.69) is 42.3 Å². The maximum Gasteiger partial charge on any atom is 0.129 e. The lowest BCUT2D eigenvalue weighted by atomic mass is 10.00. The van der Waals surface area contributed by atoms with Crippen LogP contribution in [-0.4, -0.2) is 24.1 Å². The van der Waals surface area contributed by atoms with Crippen LogP contribution in [0.4, 0.5) is 5.82 Å². The van der Waals surface area contributed by atoms with Gasteiger partial charge in [0.25, 0.3) is 0 Å². The summed E-state index contributed by atoms with van der Waals surface area (Å²) in [4.78, 5) is 7.29. The fourth-order valence-electron chi connectivity index (χ4n) is 2.71. The number of pyridine rings is 1. The van der Waals surface area contributed by atoms with Crippen LogP contribution in [-0.2, 0) is 6.54 Å². The lowest BCUT2D eigenvalue weighted by Gasteiger charge is -2.36. The van der Waals surface area contributed by atoms with E-state index in [1.54, 1.807) is 0 Å². The summed E-state index contributed by atoms with van der Waals surface area (Å²) in [5.41, 5.74) is 1.15. The van der Waals surface area contributed by atoms with E-state index in [9.17, 15) is 0 Å². The first kappa shape index (κ1) is 13.3. The molecule has 1 unspecified atom stereocenters. The number of hydrogen-bond donors (Lipinski definition) is 1. The third-order valence-electron chi connectivity index (χ3n) is 3.74. The molecular weight excluding hydrogens is 222 g/mol. The highest BCUT2D eigenvalue weighted by Gasteiger charge is 2.21. The fourth-order valence-corrected chi connectivity index (χ4v) is 2.71. The minimum atomic E-state index is 0.681. The van der Waals surface area contributed by atoms with Gasteiger partial charge in [-0.3, -0.25) is 0 Å². The number of piperidine rings is 1. The summed E-state index contributed by atoms with van der Waals surface area (Å²) >= 11 is 0. The van der Waals surface area contributed by atoms with Gasteiger partial charge >= 0.3 is 0 Å². The normalized spacial score (nSPS) is 20.1. The number of hydrogen-bond acceptors (Lipinski definition) is 3. The van der Waals surface area contributed by atoms with E-state index in [1.165, 1.54) is 25.7 Å². The second-order valence-corrected chi connectivity index (χ2v) is 5.02. The van der Waals surface area contributed by atoms with Crippen LogP contribution in [0.25, 0.3) is 0 Å². The van der Waals surface area contributed by atoms with Gasteiger partial charge in [0.2, 0.25) is 0 Å². The van der Waals surface area contributed by atoms with E-state index >= 15 is 0 Å². The molecule has 1 N–H and O–H groups in total. The fraction of sp³-hybridized carbons (Fsp3) is 0.667. The summed E-state index contributed by atoms with van der Waals surface area (Å²) in [5, 5.41) is 3.34. The monoisotopic (exact) mass is 247 g/mol. The van der Waals surface area contributed by atoms with Gasteiger partial charge in [0.1, 0.15) is 5.82 Å². The zero-order chi connectivity index (χ0) is 12.8. The molecule has 1 saturated heterocycles. The van der Waals surface area contributed by atoms with Gasteiger partial charge in [-0.25, -0.2) is 4.98 Å². The second-order valence-electron chi connectivity index (χ2n) is 5.02. The van der Waals surface area contributed by atoms with Crippen LogP contribution in [0.3, 0.4) is 0 Å². The van der Waals surface area contributed by atoms with Crippen LogP contribution in [0, 0.1) is 0 Å². The Kier molecular flexibility index (Phi) is 5.00. The lowest BCUT2D eigenvalue weighted by molar-refractivity contribution is 0.446. The quantitative estimate of drug-likeness (QED) is 0.867. The van der Waals surface area contributed by atoms with Gasteiger partial charge in [-0.15, -0.1) is 0 Å². The van der Waals surface area contributed by atoms with Crippen LogP contribution in [0.1, 0.15) is 45.2 Å².